The number of aryl methyl sites for hydroxylation is 1. The summed E-state index contributed by atoms with van der Waals surface area (Å²) in [7, 11) is 0. The van der Waals surface area contributed by atoms with Gasteiger partial charge in [0, 0.05) is 6.42 Å². The second kappa shape index (κ2) is 4.50. The van der Waals surface area contributed by atoms with Gasteiger partial charge in [-0.15, -0.1) is 10.2 Å². The Bertz CT molecular complexity index is 276. The first-order valence-electron chi connectivity index (χ1n) is 5.36. The van der Waals surface area contributed by atoms with Crippen molar-refractivity contribution in [2.24, 2.45) is 5.92 Å². The van der Waals surface area contributed by atoms with E-state index in [0.29, 0.717) is 0 Å². The van der Waals surface area contributed by atoms with E-state index < -0.39 is 0 Å². The summed E-state index contributed by atoms with van der Waals surface area (Å²) >= 11 is 0. The summed E-state index contributed by atoms with van der Waals surface area (Å²) in [5.74, 6) is 1.64. The van der Waals surface area contributed by atoms with Crippen LogP contribution in [0.3, 0.4) is 0 Å². The third-order valence-electron chi connectivity index (χ3n) is 2.71. The first kappa shape index (κ1) is 9.58. The molecule has 14 heavy (non-hydrogen) atoms. The molecule has 0 unspecified atom stereocenters. The van der Waals surface area contributed by atoms with Crippen molar-refractivity contribution >= 4 is 0 Å². The Kier molecular flexibility index (Phi) is 3.08. The maximum absolute atomic E-state index is 4.30. The van der Waals surface area contributed by atoms with Crippen LogP contribution in [0, 0.1) is 5.92 Å². The van der Waals surface area contributed by atoms with Gasteiger partial charge in [0.05, 0.1) is 6.54 Å². The topological polar surface area (TPSA) is 55.6 Å². The number of nitrogens with one attached hydrogen (secondary N) is 1. The lowest BCUT2D eigenvalue weighted by molar-refractivity contribution is 0.366. The standard InChI is InChI=1S/C9H17N5/c1-2-14-12-9(11-13-14)7-8-3-5-10-6-4-8/h8,10H,2-7H2,1H3. The molecule has 1 aromatic heterocycles. The fourth-order valence-electron chi connectivity index (χ4n) is 1.84. The van der Waals surface area contributed by atoms with Gasteiger partial charge in [0.1, 0.15) is 0 Å². The smallest absolute Gasteiger partial charge is 0.175 e. The van der Waals surface area contributed by atoms with Gasteiger partial charge in [0.15, 0.2) is 5.82 Å². The fraction of sp³-hybridized carbons (Fsp3) is 0.889. The molecule has 0 atom stereocenters. The summed E-state index contributed by atoms with van der Waals surface area (Å²) in [5.41, 5.74) is 0. The van der Waals surface area contributed by atoms with Crippen LogP contribution in [0.2, 0.25) is 0 Å². The zero-order valence-corrected chi connectivity index (χ0v) is 8.61. The van der Waals surface area contributed by atoms with E-state index in [9.17, 15) is 0 Å². The van der Waals surface area contributed by atoms with Crippen LogP contribution < -0.4 is 5.32 Å². The van der Waals surface area contributed by atoms with Crippen molar-refractivity contribution in [3.63, 3.8) is 0 Å². The van der Waals surface area contributed by atoms with Crippen LogP contribution >= 0.6 is 0 Å². The number of hydrogen-bond acceptors (Lipinski definition) is 4. The second-order valence-corrected chi connectivity index (χ2v) is 3.79. The third-order valence-corrected chi connectivity index (χ3v) is 2.71. The van der Waals surface area contributed by atoms with Crippen molar-refractivity contribution in [2.75, 3.05) is 13.1 Å². The number of nitrogens with zero attached hydrogens (tertiary/aromatic N) is 4. The van der Waals surface area contributed by atoms with Gasteiger partial charge >= 0.3 is 0 Å². The fourth-order valence-corrected chi connectivity index (χ4v) is 1.84. The lowest BCUT2D eigenvalue weighted by atomic mass is 9.94. The Balaban J connectivity index is 1.89. The van der Waals surface area contributed by atoms with Crippen LogP contribution in [0.4, 0.5) is 0 Å². The Hall–Kier alpha value is -0.970. The Morgan fingerprint density at radius 2 is 2.21 bits per heavy atom. The summed E-state index contributed by atoms with van der Waals surface area (Å²) in [6.07, 6.45) is 3.46. The Labute approximate surface area is 83.9 Å². The lowest BCUT2D eigenvalue weighted by Crippen LogP contribution is -2.28. The van der Waals surface area contributed by atoms with E-state index in [1.54, 1.807) is 4.80 Å². The van der Waals surface area contributed by atoms with E-state index in [4.69, 9.17) is 0 Å². The summed E-state index contributed by atoms with van der Waals surface area (Å²) < 4.78 is 0. The average Bonchev–Trinajstić information content (AvgIpc) is 2.67. The molecular weight excluding hydrogens is 178 g/mol. The van der Waals surface area contributed by atoms with E-state index >= 15 is 0 Å². The van der Waals surface area contributed by atoms with Gasteiger partial charge in [-0.1, -0.05) is 0 Å². The molecule has 78 valence electrons. The molecule has 1 aromatic rings. The van der Waals surface area contributed by atoms with Gasteiger partial charge < -0.3 is 5.32 Å². The molecule has 0 spiro atoms. The molecule has 1 N–H and O–H groups in total. The van der Waals surface area contributed by atoms with Crippen LogP contribution in [-0.2, 0) is 13.0 Å². The zero-order chi connectivity index (χ0) is 9.80. The van der Waals surface area contributed by atoms with Crippen LogP contribution in [0.15, 0.2) is 0 Å². The van der Waals surface area contributed by atoms with Crippen LogP contribution in [0.5, 0.6) is 0 Å². The Morgan fingerprint density at radius 3 is 2.86 bits per heavy atom. The van der Waals surface area contributed by atoms with E-state index in [-0.39, 0.29) is 0 Å². The molecule has 5 heteroatoms. The minimum absolute atomic E-state index is 0.741. The van der Waals surface area contributed by atoms with E-state index in [0.717, 1.165) is 37.8 Å². The first-order valence-corrected chi connectivity index (χ1v) is 5.36. The van der Waals surface area contributed by atoms with Gasteiger partial charge in [-0.05, 0) is 44.0 Å². The molecule has 0 aromatic carbocycles. The largest absolute Gasteiger partial charge is 0.317 e. The maximum Gasteiger partial charge on any atom is 0.175 e. The highest BCUT2D eigenvalue weighted by atomic mass is 15.6. The molecule has 1 saturated heterocycles. The average molecular weight is 195 g/mol. The zero-order valence-electron chi connectivity index (χ0n) is 8.61. The van der Waals surface area contributed by atoms with Crippen LogP contribution in [0.25, 0.3) is 0 Å². The first-order chi connectivity index (χ1) is 6.88. The predicted octanol–water partition coefficient (Wildman–Crippen LogP) is 0.235. The minimum atomic E-state index is 0.741. The summed E-state index contributed by atoms with van der Waals surface area (Å²) in [4.78, 5) is 1.65. The molecule has 1 fully saturated rings. The van der Waals surface area contributed by atoms with Gasteiger partial charge in [0.25, 0.3) is 0 Å². The molecule has 1 aliphatic heterocycles. The summed E-state index contributed by atoms with van der Waals surface area (Å²) in [6.45, 7) is 5.09. The van der Waals surface area contributed by atoms with Gasteiger partial charge in [-0.3, -0.25) is 0 Å². The van der Waals surface area contributed by atoms with Crippen molar-refractivity contribution in [2.45, 2.75) is 32.7 Å². The SMILES string of the molecule is CCn1nnc(CC2CCNCC2)n1. The third kappa shape index (κ3) is 2.29. The lowest BCUT2D eigenvalue weighted by Gasteiger charge is -2.20. The Morgan fingerprint density at radius 1 is 1.43 bits per heavy atom. The maximum atomic E-state index is 4.30. The molecule has 0 amide bonds. The summed E-state index contributed by atoms with van der Waals surface area (Å²) in [5, 5.41) is 15.7. The monoisotopic (exact) mass is 195 g/mol. The molecule has 1 aliphatic rings. The van der Waals surface area contributed by atoms with Crippen molar-refractivity contribution < 1.29 is 0 Å². The second-order valence-electron chi connectivity index (χ2n) is 3.79. The number of hydrogen-bond donors (Lipinski definition) is 1. The van der Waals surface area contributed by atoms with Crippen molar-refractivity contribution in [3.8, 4) is 0 Å². The van der Waals surface area contributed by atoms with Gasteiger partial charge in [-0.25, -0.2) is 0 Å². The number of piperidine rings is 1. The highest BCUT2D eigenvalue weighted by molar-refractivity contribution is 4.83. The molecule has 2 rings (SSSR count). The normalized spacial score (nSPS) is 18.6. The minimum Gasteiger partial charge on any atom is -0.317 e. The highest BCUT2D eigenvalue weighted by Crippen LogP contribution is 2.15. The number of tetrazole rings is 1. The summed E-state index contributed by atoms with van der Waals surface area (Å²) in [6, 6.07) is 0. The van der Waals surface area contributed by atoms with Gasteiger partial charge in [0.2, 0.25) is 0 Å². The number of aromatic nitrogens is 4. The van der Waals surface area contributed by atoms with Crippen molar-refractivity contribution in [1.82, 2.24) is 25.5 Å². The van der Waals surface area contributed by atoms with Crippen LogP contribution in [0.1, 0.15) is 25.6 Å². The highest BCUT2D eigenvalue weighted by Gasteiger charge is 2.15. The quantitative estimate of drug-likeness (QED) is 0.750. The molecule has 5 nitrogen and oxygen atoms in total. The molecule has 0 aliphatic carbocycles. The van der Waals surface area contributed by atoms with Crippen LogP contribution in [-0.4, -0.2) is 33.3 Å². The van der Waals surface area contributed by atoms with Crippen molar-refractivity contribution in [3.05, 3.63) is 5.82 Å². The molecule has 0 saturated carbocycles. The van der Waals surface area contributed by atoms with E-state index in [1.165, 1.54) is 12.8 Å². The van der Waals surface area contributed by atoms with E-state index in [1.807, 2.05) is 6.92 Å². The predicted molar refractivity (Wildman–Crippen MR) is 52.8 cm³/mol. The molecule has 0 bridgehead atoms. The van der Waals surface area contributed by atoms with Gasteiger partial charge in [-0.2, -0.15) is 4.80 Å². The van der Waals surface area contributed by atoms with E-state index in [2.05, 4.69) is 20.7 Å². The van der Waals surface area contributed by atoms with Crippen molar-refractivity contribution in [1.29, 1.82) is 0 Å². The molecule has 0 radical (unpaired) electrons. The molecular formula is C9H17N5. The molecule has 2 heterocycles. The number of rotatable bonds is 3.